The molecule has 0 atom stereocenters. The Morgan fingerprint density at radius 3 is 2.83 bits per heavy atom. The van der Waals surface area contributed by atoms with Crippen LogP contribution in [0.5, 0.6) is 5.75 Å². The van der Waals surface area contributed by atoms with Crippen molar-refractivity contribution in [2.75, 3.05) is 19.7 Å². The third kappa shape index (κ3) is 3.96. The largest absolute Gasteiger partial charge is 0.485 e. The van der Waals surface area contributed by atoms with Gasteiger partial charge in [-0.05, 0) is 42.5 Å². The van der Waals surface area contributed by atoms with Crippen molar-refractivity contribution in [3.8, 4) is 5.75 Å². The van der Waals surface area contributed by atoms with Crippen molar-refractivity contribution in [3.63, 3.8) is 0 Å². The lowest BCUT2D eigenvalue weighted by Gasteiger charge is -2.18. The summed E-state index contributed by atoms with van der Waals surface area (Å²) in [5, 5.41) is 7.67. The number of aliphatic imine (C=N–C) groups is 1. The molecule has 0 spiro atoms. The summed E-state index contributed by atoms with van der Waals surface area (Å²) in [6, 6.07) is 8.34. The van der Waals surface area contributed by atoms with E-state index in [0.717, 1.165) is 37.6 Å². The number of nitrogens with one attached hydrogen (secondary N) is 1. The Labute approximate surface area is 143 Å². The third-order valence-electron chi connectivity index (χ3n) is 4.20. The van der Waals surface area contributed by atoms with Crippen LogP contribution in [-0.4, -0.2) is 35.3 Å². The van der Waals surface area contributed by atoms with Gasteiger partial charge in [-0.25, -0.2) is 0 Å². The first-order valence-electron chi connectivity index (χ1n) is 8.62. The molecule has 0 radical (unpaired) electrons. The lowest BCUT2D eigenvalue weighted by molar-refractivity contribution is 0.366. The molecule has 3 rings (SSSR count). The van der Waals surface area contributed by atoms with Gasteiger partial charge in [-0.1, -0.05) is 26.0 Å². The fourth-order valence-electron chi connectivity index (χ4n) is 2.95. The summed E-state index contributed by atoms with van der Waals surface area (Å²) < 4.78 is 8.12. The van der Waals surface area contributed by atoms with Crippen molar-refractivity contribution >= 4 is 5.84 Å². The van der Waals surface area contributed by atoms with Crippen LogP contribution in [0.15, 0.2) is 35.5 Å². The van der Waals surface area contributed by atoms with Crippen molar-refractivity contribution in [3.05, 3.63) is 47.3 Å². The number of amidine groups is 1. The minimum absolute atomic E-state index is 0.509. The molecular formula is C19H26N4O. The average Bonchev–Trinajstić information content (AvgIpc) is 3.19. The molecule has 0 bridgehead atoms. The van der Waals surface area contributed by atoms with Gasteiger partial charge in [0.1, 0.15) is 18.2 Å². The van der Waals surface area contributed by atoms with E-state index in [2.05, 4.69) is 54.4 Å². The first-order valence-corrected chi connectivity index (χ1v) is 8.62. The van der Waals surface area contributed by atoms with Crippen LogP contribution in [-0.2, 0) is 13.0 Å². The number of rotatable bonds is 7. The second kappa shape index (κ2) is 7.51. The quantitative estimate of drug-likeness (QED) is 0.851. The molecule has 0 fully saturated rings. The van der Waals surface area contributed by atoms with Gasteiger partial charge in [0.25, 0.3) is 0 Å². The van der Waals surface area contributed by atoms with Crippen molar-refractivity contribution in [1.82, 2.24) is 15.1 Å². The Balaban J connectivity index is 1.84. The molecule has 24 heavy (non-hydrogen) atoms. The molecule has 2 heterocycles. The molecule has 2 aromatic rings. The normalized spacial score (nSPS) is 13.9. The van der Waals surface area contributed by atoms with Crippen LogP contribution in [0.2, 0.25) is 0 Å². The fourth-order valence-corrected chi connectivity index (χ4v) is 2.95. The Morgan fingerprint density at radius 1 is 1.29 bits per heavy atom. The molecule has 0 saturated carbocycles. The van der Waals surface area contributed by atoms with E-state index in [4.69, 9.17) is 4.74 Å². The Hall–Kier alpha value is -2.30. The summed E-state index contributed by atoms with van der Waals surface area (Å²) in [7, 11) is 0. The van der Waals surface area contributed by atoms with E-state index in [1.54, 1.807) is 0 Å². The Morgan fingerprint density at radius 2 is 2.17 bits per heavy atom. The zero-order chi connectivity index (χ0) is 16.9. The zero-order valence-electron chi connectivity index (χ0n) is 14.7. The second-order valence-corrected chi connectivity index (χ2v) is 6.67. The van der Waals surface area contributed by atoms with Crippen molar-refractivity contribution in [1.29, 1.82) is 0 Å². The molecule has 5 heteroatoms. The monoisotopic (exact) mass is 326 g/mol. The summed E-state index contributed by atoms with van der Waals surface area (Å²) in [5.41, 5.74) is 3.72. The Kier molecular flexibility index (Phi) is 5.18. The lowest BCUT2D eigenvalue weighted by atomic mass is 9.97. The van der Waals surface area contributed by atoms with Gasteiger partial charge >= 0.3 is 0 Å². The summed E-state index contributed by atoms with van der Waals surface area (Å²) in [6.07, 6.45) is 2.84. The van der Waals surface area contributed by atoms with E-state index >= 15 is 0 Å². The molecule has 5 nitrogen and oxygen atoms in total. The summed E-state index contributed by atoms with van der Waals surface area (Å²) >= 11 is 0. The number of aromatic nitrogens is 2. The summed E-state index contributed by atoms with van der Waals surface area (Å²) in [6.45, 7) is 9.60. The number of benzene rings is 1. The highest BCUT2D eigenvalue weighted by atomic mass is 16.5. The molecule has 0 amide bonds. The number of hydrogen-bond acceptors (Lipinski definition) is 4. The first kappa shape index (κ1) is 16.6. The number of nitrogens with zero attached hydrogens (tertiary/aromatic N) is 3. The molecule has 0 aliphatic carbocycles. The summed E-state index contributed by atoms with van der Waals surface area (Å²) in [5.74, 6) is 2.47. The molecule has 1 aromatic heterocycles. The third-order valence-corrected chi connectivity index (χ3v) is 4.20. The molecule has 128 valence electrons. The van der Waals surface area contributed by atoms with Gasteiger partial charge in [-0.15, -0.1) is 0 Å². The second-order valence-electron chi connectivity index (χ2n) is 6.67. The topological polar surface area (TPSA) is 51.4 Å². The van der Waals surface area contributed by atoms with Crippen LogP contribution >= 0.6 is 0 Å². The van der Waals surface area contributed by atoms with Gasteiger partial charge in [-0.3, -0.25) is 9.67 Å². The van der Waals surface area contributed by atoms with Crippen molar-refractivity contribution in [2.24, 2.45) is 10.9 Å². The van der Waals surface area contributed by atoms with Gasteiger partial charge in [0.15, 0.2) is 0 Å². The molecule has 1 aromatic carbocycles. The maximum absolute atomic E-state index is 6.09. The van der Waals surface area contributed by atoms with E-state index < -0.39 is 0 Å². The smallest absolute Gasteiger partial charge is 0.145 e. The van der Waals surface area contributed by atoms with Crippen molar-refractivity contribution in [2.45, 2.75) is 33.7 Å². The molecule has 1 N–H and O–H groups in total. The molecule has 1 aliphatic rings. The van der Waals surface area contributed by atoms with Crippen LogP contribution in [0.1, 0.15) is 30.7 Å². The minimum atomic E-state index is 0.509. The van der Waals surface area contributed by atoms with Crippen LogP contribution in [0.3, 0.4) is 0 Å². The number of hydrogen-bond donors (Lipinski definition) is 1. The zero-order valence-corrected chi connectivity index (χ0v) is 14.7. The highest BCUT2D eigenvalue weighted by Gasteiger charge is 2.14. The molecule has 0 unspecified atom stereocenters. The van der Waals surface area contributed by atoms with E-state index in [0.29, 0.717) is 12.5 Å². The predicted octanol–water partition coefficient (Wildman–Crippen LogP) is 2.82. The lowest BCUT2D eigenvalue weighted by Crippen LogP contribution is -2.25. The van der Waals surface area contributed by atoms with Crippen LogP contribution in [0.4, 0.5) is 0 Å². The predicted molar refractivity (Wildman–Crippen MR) is 96.8 cm³/mol. The van der Waals surface area contributed by atoms with Gasteiger partial charge < -0.3 is 10.1 Å². The van der Waals surface area contributed by atoms with Gasteiger partial charge in [0.2, 0.25) is 0 Å². The van der Waals surface area contributed by atoms with Gasteiger partial charge in [0.05, 0.1) is 13.1 Å². The maximum Gasteiger partial charge on any atom is 0.145 e. The van der Waals surface area contributed by atoms with E-state index in [9.17, 15) is 0 Å². The first-order chi connectivity index (χ1) is 11.6. The summed E-state index contributed by atoms with van der Waals surface area (Å²) in [4.78, 5) is 4.40. The van der Waals surface area contributed by atoms with Crippen LogP contribution in [0.25, 0.3) is 0 Å². The van der Waals surface area contributed by atoms with Crippen LogP contribution < -0.4 is 10.1 Å². The average molecular weight is 326 g/mol. The SMILES string of the molecule is Cc1ccnn1Cc1cccc(OCC2=NCCN2)c1CC(C)C. The molecule has 0 saturated heterocycles. The van der Waals surface area contributed by atoms with Gasteiger partial charge in [0, 0.05) is 18.4 Å². The highest BCUT2D eigenvalue weighted by Crippen LogP contribution is 2.26. The number of aryl methyl sites for hydroxylation is 1. The highest BCUT2D eigenvalue weighted by molar-refractivity contribution is 5.85. The minimum Gasteiger partial charge on any atom is -0.485 e. The number of ether oxygens (including phenoxy) is 1. The molecular weight excluding hydrogens is 300 g/mol. The standard InChI is InChI=1S/C19H26N4O/c1-14(2)11-17-16(12-23-15(3)7-8-22-23)5-4-6-18(17)24-13-19-20-9-10-21-19/h4-8,14H,9-13H2,1-3H3,(H,20,21). The van der Waals surface area contributed by atoms with E-state index in [1.165, 1.54) is 16.8 Å². The fraction of sp³-hybridized carbons (Fsp3) is 0.474. The Bertz CT molecular complexity index is 718. The van der Waals surface area contributed by atoms with Gasteiger partial charge in [-0.2, -0.15) is 5.10 Å². The van der Waals surface area contributed by atoms with E-state index in [1.807, 2.05) is 16.9 Å². The van der Waals surface area contributed by atoms with E-state index in [-0.39, 0.29) is 0 Å². The maximum atomic E-state index is 6.09. The molecule has 1 aliphatic heterocycles. The van der Waals surface area contributed by atoms with Crippen molar-refractivity contribution < 1.29 is 4.74 Å². The van der Waals surface area contributed by atoms with Crippen LogP contribution in [0, 0.1) is 12.8 Å².